The first-order chi connectivity index (χ1) is 14.4. The molecule has 0 atom stereocenters. The third kappa shape index (κ3) is 5.13. The Hall–Kier alpha value is -2.56. The number of benzene rings is 2. The minimum atomic E-state index is -4.39. The van der Waals surface area contributed by atoms with Crippen LogP contribution in [0.5, 0.6) is 0 Å². The van der Waals surface area contributed by atoms with Crippen molar-refractivity contribution in [2.75, 3.05) is 0 Å². The molecular weight excluding hydrogens is 455 g/mol. The van der Waals surface area contributed by atoms with E-state index in [1.807, 2.05) is 30.3 Å². The average molecular weight is 466 g/mol. The van der Waals surface area contributed by atoms with Crippen LogP contribution in [0.1, 0.15) is 5.56 Å². The number of nitrogens with zero attached hydrogens (tertiary/aromatic N) is 4. The van der Waals surface area contributed by atoms with Crippen LogP contribution in [0.2, 0.25) is 5.15 Å². The zero-order valence-electron chi connectivity index (χ0n) is 14.9. The number of hydrogen-bond acceptors (Lipinski definition) is 6. The minimum absolute atomic E-state index is 0.283. The first-order valence-corrected chi connectivity index (χ1v) is 10.4. The van der Waals surface area contributed by atoms with Crippen molar-refractivity contribution in [2.24, 2.45) is 0 Å². The zero-order chi connectivity index (χ0) is 21.1. The summed E-state index contributed by atoms with van der Waals surface area (Å²) >= 11 is 8.68. The Morgan fingerprint density at radius 1 is 0.867 bits per heavy atom. The molecule has 0 aliphatic carbocycles. The molecule has 0 bridgehead atoms. The van der Waals surface area contributed by atoms with E-state index in [0.717, 1.165) is 17.0 Å². The number of rotatable bonds is 5. The maximum absolute atomic E-state index is 12.7. The molecule has 0 spiro atoms. The summed E-state index contributed by atoms with van der Waals surface area (Å²) in [6.45, 7) is 0. The number of alkyl halides is 3. The van der Waals surface area contributed by atoms with E-state index in [-0.39, 0.29) is 11.0 Å². The molecule has 0 saturated heterocycles. The van der Waals surface area contributed by atoms with Gasteiger partial charge in [0.1, 0.15) is 10.2 Å². The second kappa shape index (κ2) is 8.66. The van der Waals surface area contributed by atoms with Crippen LogP contribution >= 0.6 is 35.1 Å². The van der Waals surface area contributed by atoms with Crippen LogP contribution in [0.25, 0.3) is 11.4 Å². The van der Waals surface area contributed by atoms with E-state index in [4.69, 9.17) is 11.6 Å². The molecule has 5 nitrogen and oxygen atoms in total. The fraction of sp³-hybridized carbons (Fsp3) is 0.0526. The largest absolute Gasteiger partial charge is 0.416 e. The Morgan fingerprint density at radius 2 is 1.60 bits per heavy atom. The summed E-state index contributed by atoms with van der Waals surface area (Å²) in [6.07, 6.45) is -4.39. The van der Waals surface area contributed by atoms with Gasteiger partial charge in [0.25, 0.3) is 0 Å². The lowest BCUT2D eigenvalue weighted by Gasteiger charge is -2.06. The molecular formula is C19H11ClF3N5S2. The molecule has 0 fully saturated rings. The summed E-state index contributed by atoms with van der Waals surface area (Å²) in [5.41, 5.74) is -0.261. The SMILES string of the molecule is FC(F)(F)c1ccc(-c2n[nH]c(Sc3cc(Cl)nc(Sc4ccccc4)n3)n2)cc1. The highest BCUT2D eigenvalue weighted by Gasteiger charge is 2.30. The highest BCUT2D eigenvalue weighted by molar-refractivity contribution is 7.99. The van der Waals surface area contributed by atoms with E-state index in [0.29, 0.717) is 20.9 Å². The van der Waals surface area contributed by atoms with Crippen LogP contribution in [0.3, 0.4) is 0 Å². The predicted octanol–water partition coefficient (Wildman–Crippen LogP) is 6.24. The number of aromatic nitrogens is 5. The van der Waals surface area contributed by atoms with Crippen LogP contribution in [0.15, 0.2) is 80.9 Å². The molecule has 0 saturated carbocycles. The molecule has 1 N–H and O–H groups in total. The number of H-pyrrole nitrogens is 1. The number of aromatic amines is 1. The molecule has 11 heteroatoms. The highest BCUT2D eigenvalue weighted by Crippen LogP contribution is 2.32. The van der Waals surface area contributed by atoms with Gasteiger partial charge in [-0.1, -0.05) is 41.9 Å². The third-order valence-electron chi connectivity index (χ3n) is 3.74. The Morgan fingerprint density at radius 3 is 2.30 bits per heavy atom. The summed E-state index contributed by atoms with van der Waals surface area (Å²) in [5.74, 6) is 0.283. The molecule has 4 aromatic rings. The maximum Gasteiger partial charge on any atom is 0.416 e. The van der Waals surface area contributed by atoms with Crippen molar-refractivity contribution >= 4 is 35.1 Å². The van der Waals surface area contributed by atoms with Crippen LogP contribution in [-0.2, 0) is 6.18 Å². The Bertz CT molecular complexity index is 1150. The Balaban J connectivity index is 1.51. The quantitative estimate of drug-likeness (QED) is 0.278. The van der Waals surface area contributed by atoms with Gasteiger partial charge in [-0.05, 0) is 47.8 Å². The fourth-order valence-electron chi connectivity index (χ4n) is 2.40. The molecule has 0 radical (unpaired) electrons. The molecule has 4 rings (SSSR count). The van der Waals surface area contributed by atoms with Crippen molar-refractivity contribution < 1.29 is 13.2 Å². The molecule has 152 valence electrons. The summed E-state index contributed by atoms with van der Waals surface area (Å²) in [4.78, 5) is 14.0. The van der Waals surface area contributed by atoms with Crippen molar-refractivity contribution in [3.63, 3.8) is 0 Å². The summed E-state index contributed by atoms with van der Waals surface area (Å²) < 4.78 is 38.1. The number of nitrogens with one attached hydrogen (secondary N) is 1. The predicted molar refractivity (Wildman–Crippen MR) is 109 cm³/mol. The van der Waals surface area contributed by atoms with E-state index in [1.54, 1.807) is 6.07 Å². The molecule has 0 unspecified atom stereocenters. The van der Waals surface area contributed by atoms with Gasteiger partial charge in [-0.3, -0.25) is 5.10 Å². The van der Waals surface area contributed by atoms with Gasteiger partial charge < -0.3 is 0 Å². The normalized spacial score (nSPS) is 11.6. The van der Waals surface area contributed by atoms with Gasteiger partial charge in [-0.15, -0.1) is 0 Å². The Kier molecular flexibility index (Phi) is 5.98. The molecule has 30 heavy (non-hydrogen) atoms. The molecule has 2 heterocycles. The van der Waals surface area contributed by atoms with E-state index in [9.17, 15) is 13.2 Å². The van der Waals surface area contributed by atoms with Crippen LogP contribution in [0.4, 0.5) is 13.2 Å². The molecule has 0 aliphatic heterocycles. The van der Waals surface area contributed by atoms with Crippen molar-refractivity contribution in [2.45, 2.75) is 26.4 Å². The second-order valence-electron chi connectivity index (χ2n) is 5.87. The van der Waals surface area contributed by atoms with Crippen LogP contribution < -0.4 is 0 Å². The van der Waals surface area contributed by atoms with E-state index in [2.05, 4.69) is 25.1 Å². The summed E-state index contributed by atoms with van der Waals surface area (Å²) in [6, 6.07) is 15.9. The van der Waals surface area contributed by atoms with Gasteiger partial charge in [-0.2, -0.15) is 18.3 Å². The number of halogens is 4. The van der Waals surface area contributed by atoms with Crippen LogP contribution in [-0.4, -0.2) is 25.1 Å². The Labute approximate surface area is 182 Å². The van der Waals surface area contributed by atoms with E-state index >= 15 is 0 Å². The number of hydrogen-bond donors (Lipinski definition) is 1. The fourth-order valence-corrected chi connectivity index (χ4v) is 4.27. The lowest BCUT2D eigenvalue weighted by atomic mass is 10.1. The van der Waals surface area contributed by atoms with E-state index < -0.39 is 11.7 Å². The monoisotopic (exact) mass is 465 g/mol. The van der Waals surface area contributed by atoms with E-state index in [1.165, 1.54) is 35.7 Å². The highest BCUT2D eigenvalue weighted by atomic mass is 35.5. The minimum Gasteiger partial charge on any atom is -0.253 e. The van der Waals surface area contributed by atoms with Gasteiger partial charge in [0.05, 0.1) is 5.56 Å². The van der Waals surface area contributed by atoms with Crippen LogP contribution in [0, 0.1) is 0 Å². The van der Waals surface area contributed by atoms with Gasteiger partial charge in [0, 0.05) is 16.5 Å². The van der Waals surface area contributed by atoms with Crippen molar-refractivity contribution in [3.05, 3.63) is 71.4 Å². The average Bonchev–Trinajstić information content (AvgIpc) is 3.16. The zero-order valence-corrected chi connectivity index (χ0v) is 17.3. The van der Waals surface area contributed by atoms with Crippen molar-refractivity contribution in [3.8, 4) is 11.4 Å². The first-order valence-electron chi connectivity index (χ1n) is 8.42. The third-order valence-corrected chi connectivity index (χ3v) is 5.60. The maximum atomic E-state index is 12.7. The summed E-state index contributed by atoms with van der Waals surface area (Å²) in [5, 5.41) is 8.58. The topological polar surface area (TPSA) is 67.3 Å². The molecule has 2 aromatic heterocycles. The van der Waals surface area contributed by atoms with Gasteiger partial charge in [0.15, 0.2) is 16.1 Å². The van der Waals surface area contributed by atoms with Gasteiger partial charge in [0.2, 0.25) is 0 Å². The lowest BCUT2D eigenvalue weighted by molar-refractivity contribution is -0.137. The van der Waals surface area contributed by atoms with Gasteiger partial charge in [-0.25, -0.2) is 15.0 Å². The summed E-state index contributed by atoms with van der Waals surface area (Å²) in [7, 11) is 0. The lowest BCUT2D eigenvalue weighted by Crippen LogP contribution is -2.04. The molecule has 0 aliphatic rings. The molecule has 2 aromatic carbocycles. The standard InChI is InChI=1S/C19H11ClF3N5S2/c20-14-10-15(25-17(24-14)29-13-4-2-1-3-5-13)30-18-26-16(27-28-18)11-6-8-12(9-7-11)19(21,22)23/h1-10H,(H,26,27,28). The second-order valence-corrected chi connectivity index (χ2v) is 8.30. The first kappa shape index (κ1) is 20.7. The van der Waals surface area contributed by atoms with Crippen molar-refractivity contribution in [1.82, 2.24) is 25.1 Å². The van der Waals surface area contributed by atoms with Crippen molar-refractivity contribution in [1.29, 1.82) is 0 Å². The smallest absolute Gasteiger partial charge is 0.253 e. The van der Waals surface area contributed by atoms with Gasteiger partial charge >= 0.3 is 6.18 Å². The molecule has 0 amide bonds.